The summed E-state index contributed by atoms with van der Waals surface area (Å²) < 4.78 is 34.0. The van der Waals surface area contributed by atoms with Gasteiger partial charge in [0.15, 0.2) is 0 Å². The van der Waals surface area contributed by atoms with E-state index in [0.29, 0.717) is 31.6 Å². The van der Waals surface area contributed by atoms with Crippen molar-refractivity contribution in [2.75, 3.05) is 24.5 Å². The summed E-state index contributed by atoms with van der Waals surface area (Å²) in [5.41, 5.74) is 1.74. The first-order valence-corrected chi connectivity index (χ1v) is 9.45. The Hall–Kier alpha value is -2.38. The van der Waals surface area contributed by atoms with Crippen LogP contribution in [0.15, 0.2) is 48.8 Å². The van der Waals surface area contributed by atoms with Gasteiger partial charge < -0.3 is 9.64 Å². The van der Waals surface area contributed by atoms with E-state index in [2.05, 4.69) is 9.88 Å². The SMILES string of the molecule is Cc1cnccc1CN1CCC2(CC1)CN(c1ccccc1)C(=O)C(F)(F)O2. The Balaban J connectivity index is 1.49. The number of alkyl halides is 2. The number of likely N-dealkylation sites (tertiary alicyclic amines) is 1. The number of halogens is 2. The zero-order valence-electron chi connectivity index (χ0n) is 15.8. The van der Waals surface area contributed by atoms with Gasteiger partial charge in [0.1, 0.15) is 0 Å². The summed E-state index contributed by atoms with van der Waals surface area (Å²) in [4.78, 5) is 19.8. The lowest BCUT2D eigenvalue weighted by Gasteiger charge is -2.49. The minimum atomic E-state index is -3.81. The van der Waals surface area contributed by atoms with Gasteiger partial charge in [-0.1, -0.05) is 18.2 Å². The number of morpholine rings is 1. The van der Waals surface area contributed by atoms with Gasteiger partial charge in [-0.05, 0) is 49.1 Å². The number of para-hydroxylation sites is 1. The van der Waals surface area contributed by atoms with Gasteiger partial charge in [-0.2, -0.15) is 8.78 Å². The molecule has 3 heterocycles. The van der Waals surface area contributed by atoms with Gasteiger partial charge in [-0.3, -0.25) is 14.7 Å². The zero-order chi connectivity index (χ0) is 19.8. The molecule has 0 aliphatic carbocycles. The molecule has 0 atom stereocenters. The zero-order valence-corrected chi connectivity index (χ0v) is 15.8. The van der Waals surface area contributed by atoms with Crippen LogP contribution in [0.2, 0.25) is 0 Å². The van der Waals surface area contributed by atoms with Crippen LogP contribution in [0, 0.1) is 6.92 Å². The summed E-state index contributed by atoms with van der Waals surface area (Å²) in [6.45, 7) is 4.18. The first-order valence-electron chi connectivity index (χ1n) is 9.45. The average molecular weight is 387 g/mol. The van der Waals surface area contributed by atoms with Crippen molar-refractivity contribution in [3.05, 3.63) is 59.9 Å². The molecule has 0 bridgehead atoms. The van der Waals surface area contributed by atoms with Crippen LogP contribution in [0.1, 0.15) is 24.0 Å². The van der Waals surface area contributed by atoms with Crippen molar-refractivity contribution in [1.82, 2.24) is 9.88 Å². The van der Waals surface area contributed by atoms with E-state index in [9.17, 15) is 13.6 Å². The summed E-state index contributed by atoms with van der Waals surface area (Å²) >= 11 is 0. The largest absolute Gasteiger partial charge is 0.437 e. The maximum atomic E-state index is 14.4. The molecule has 2 saturated heterocycles. The van der Waals surface area contributed by atoms with Gasteiger partial charge in [0.25, 0.3) is 0 Å². The molecule has 0 saturated carbocycles. The van der Waals surface area contributed by atoms with Crippen LogP contribution in [-0.2, 0) is 16.1 Å². The van der Waals surface area contributed by atoms with Crippen molar-refractivity contribution in [2.45, 2.75) is 38.0 Å². The molecule has 1 spiro atoms. The smallest absolute Gasteiger partial charge is 0.304 e. The fraction of sp³-hybridized carbons (Fsp3) is 0.429. The standard InChI is InChI=1S/C21H23F2N3O2/c1-16-13-24-10-7-17(16)14-25-11-8-20(9-12-25)15-26(18-5-3-2-4-6-18)19(27)21(22,23)28-20/h2-7,10,13H,8-9,11-12,14-15H2,1H3. The average Bonchev–Trinajstić information content (AvgIpc) is 2.69. The molecule has 0 N–H and O–H groups in total. The number of hydrogen-bond donors (Lipinski definition) is 0. The van der Waals surface area contributed by atoms with E-state index in [0.717, 1.165) is 12.1 Å². The van der Waals surface area contributed by atoms with E-state index < -0.39 is 17.6 Å². The highest BCUT2D eigenvalue weighted by Gasteiger charge is 2.57. The predicted octanol–water partition coefficient (Wildman–Crippen LogP) is 3.38. The highest BCUT2D eigenvalue weighted by Crippen LogP contribution is 2.40. The lowest BCUT2D eigenvalue weighted by Crippen LogP contribution is -2.64. The van der Waals surface area contributed by atoms with Crippen LogP contribution in [-0.4, -0.2) is 47.1 Å². The summed E-state index contributed by atoms with van der Waals surface area (Å²) in [5.74, 6) is -1.29. The Bertz CT molecular complexity index is 852. The molecule has 0 unspecified atom stereocenters. The van der Waals surface area contributed by atoms with Crippen molar-refractivity contribution in [3.8, 4) is 0 Å². The molecule has 2 aromatic rings. The summed E-state index contributed by atoms with van der Waals surface area (Å²) in [6, 6.07) is 10.6. The van der Waals surface area contributed by atoms with Gasteiger partial charge in [0.2, 0.25) is 0 Å². The van der Waals surface area contributed by atoms with Gasteiger partial charge in [0.05, 0.1) is 12.1 Å². The third kappa shape index (κ3) is 3.64. The molecule has 1 aromatic carbocycles. The number of carbonyl (C=O) groups is 1. The van der Waals surface area contributed by atoms with Gasteiger partial charge in [-0.15, -0.1) is 0 Å². The Labute approximate surface area is 162 Å². The second-order valence-electron chi connectivity index (χ2n) is 7.61. The van der Waals surface area contributed by atoms with Gasteiger partial charge in [0, 0.05) is 37.7 Å². The fourth-order valence-electron chi connectivity index (χ4n) is 3.98. The number of piperidine rings is 1. The molecule has 5 nitrogen and oxygen atoms in total. The molecule has 2 fully saturated rings. The number of ether oxygens (including phenoxy) is 1. The Morgan fingerprint density at radius 1 is 1.14 bits per heavy atom. The van der Waals surface area contributed by atoms with Gasteiger partial charge in [-0.25, -0.2) is 0 Å². The van der Waals surface area contributed by atoms with Crippen molar-refractivity contribution in [2.24, 2.45) is 0 Å². The van der Waals surface area contributed by atoms with E-state index in [-0.39, 0.29) is 6.54 Å². The van der Waals surface area contributed by atoms with E-state index >= 15 is 0 Å². The summed E-state index contributed by atoms with van der Waals surface area (Å²) in [7, 11) is 0. The Morgan fingerprint density at radius 2 is 1.86 bits per heavy atom. The molecule has 148 valence electrons. The minimum Gasteiger partial charge on any atom is -0.304 e. The van der Waals surface area contributed by atoms with Crippen molar-refractivity contribution >= 4 is 11.6 Å². The van der Waals surface area contributed by atoms with Crippen LogP contribution in [0.5, 0.6) is 0 Å². The van der Waals surface area contributed by atoms with Crippen LogP contribution in [0.25, 0.3) is 0 Å². The summed E-state index contributed by atoms with van der Waals surface area (Å²) in [6.07, 6.45) is 0.682. The molecule has 1 aromatic heterocycles. The highest BCUT2D eigenvalue weighted by molar-refractivity contribution is 5.98. The summed E-state index contributed by atoms with van der Waals surface area (Å²) in [5, 5.41) is 0. The molecule has 1 amide bonds. The number of nitrogens with zero attached hydrogens (tertiary/aromatic N) is 3. The molecule has 7 heteroatoms. The quantitative estimate of drug-likeness (QED) is 0.810. The number of aromatic nitrogens is 1. The number of amides is 1. The van der Waals surface area contributed by atoms with E-state index in [1.54, 1.807) is 36.5 Å². The lowest BCUT2D eigenvalue weighted by atomic mass is 9.88. The number of pyridine rings is 1. The number of carbonyl (C=O) groups excluding carboxylic acids is 1. The third-order valence-electron chi connectivity index (χ3n) is 5.65. The maximum absolute atomic E-state index is 14.4. The van der Waals surface area contributed by atoms with Gasteiger partial charge >= 0.3 is 12.0 Å². The fourth-order valence-corrected chi connectivity index (χ4v) is 3.98. The number of rotatable bonds is 3. The van der Waals surface area contributed by atoms with E-state index in [4.69, 9.17) is 4.74 Å². The second kappa shape index (κ2) is 7.22. The Morgan fingerprint density at radius 3 is 2.54 bits per heavy atom. The van der Waals surface area contributed by atoms with Crippen molar-refractivity contribution in [1.29, 1.82) is 0 Å². The molecule has 4 rings (SSSR count). The normalized spacial score (nSPS) is 21.8. The highest BCUT2D eigenvalue weighted by atomic mass is 19.3. The van der Waals surface area contributed by atoms with Crippen LogP contribution < -0.4 is 4.90 Å². The molecular formula is C21H23F2N3O2. The first-order chi connectivity index (χ1) is 13.4. The monoisotopic (exact) mass is 387 g/mol. The van der Waals surface area contributed by atoms with E-state index in [1.165, 1.54) is 10.5 Å². The second-order valence-corrected chi connectivity index (χ2v) is 7.61. The number of aryl methyl sites for hydroxylation is 1. The van der Waals surface area contributed by atoms with E-state index in [1.807, 2.05) is 19.2 Å². The maximum Gasteiger partial charge on any atom is 0.437 e. The minimum absolute atomic E-state index is 0.146. The Kier molecular flexibility index (Phi) is 4.89. The molecule has 28 heavy (non-hydrogen) atoms. The lowest BCUT2D eigenvalue weighted by molar-refractivity contribution is -0.293. The molecule has 0 radical (unpaired) electrons. The molecular weight excluding hydrogens is 364 g/mol. The van der Waals surface area contributed by atoms with Crippen LogP contribution in [0.3, 0.4) is 0 Å². The first kappa shape index (κ1) is 19.0. The number of hydrogen-bond acceptors (Lipinski definition) is 4. The molecule has 2 aliphatic heterocycles. The number of benzene rings is 1. The van der Waals surface area contributed by atoms with Crippen LogP contribution >= 0.6 is 0 Å². The van der Waals surface area contributed by atoms with Crippen molar-refractivity contribution in [3.63, 3.8) is 0 Å². The van der Waals surface area contributed by atoms with Crippen LogP contribution in [0.4, 0.5) is 14.5 Å². The third-order valence-corrected chi connectivity index (χ3v) is 5.65. The topological polar surface area (TPSA) is 45.7 Å². The number of anilines is 1. The van der Waals surface area contributed by atoms with Crippen molar-refractivity contribution < 1.29 is 18.3 Å². The molecule has 2 aliphatic rings. The predicted molar refractivity (Wildman–Crippen MR) is 101 cm³/mol.